The zero-order valence-electron chi connectivity index (χ0n) is 28.4. The Balaban J connectivity index is 1.36. The standard InChI is InChI=1S/C37H40N4O8S/c1-27(42)49-41(35(44)48-36(2,3)4)34(43)32-14-10-13-31(39-32)24-40(50(45,46)33-15-8-9-22-38-33)23-28-16-18-30(19-17-28)37(20-21-37)26-47-25-29-11-6-5-7-12-29/h5-19,22H,20-21,23-26H2,1-4H3. The van der Waals surface area contributed by atoms with Crippen LogP contribution in [0, 0.1) is 0 Å². The summed E-state index contributed by atoms with van der Waals surface area (Å²) in [6.07, 6.45) is 2.20. The molecular formula is C37H40N4O8S. The lowest BCUT2D eigenvalue weighted by Gasteiger charge is -2.24. The molecule has 1 aliphatic rings. The first-order valence-corrected chi connectivity index (χ1v) is 17.5. The van der Waals surface area contributed by atoms with Crippen LogP contribution in [0.3, 0.4) is 0 Å². The number of hydrogen-bond donors (Lipinski definition) is 0. The van der Waals surface area contributed by atoms with Gasteiger partial charge in [0.05, 0.1) is 25.5 Å². The van der Waals surface area contributed by atoms with E-state index in [2.05, 4.69) is 9.97 Å². The Kier molecular flexibility index (Phi) is 11.1. The third-order valence-corrected chi connectivity index (χ3v) is 9.55. The molecule has 1 aliphatic carbocycles. The zero-order valence-corrected chi connectivity index (χ0v) is 29.3. The number of carbonyl (C=O) groups is 3. The van der Waals surface area contributed by atoms with E-state index in [1.54, 1.807) is 39.0 Å². The Bertz CT molecular complexity index is 1910. The number of aromatic nitrogens is 2. The monoisotopic (exact) mass is 700 g/mol. The Morgan fingerprint density at radius 1 is 0.840 bits per heavy atom. The molecule has 12 nitrogen and oxygen atoms in total. The molecule has 4 aromatic rings. The fourth-order valence-corrected chi connectivity index (χ4v) is 6.53. The van der Waals surface area contributed by atoms with Gasteiger partial charge < -0.3 is 14.3 Å². The van der Waals surface area contributed by atoms with Gasteiger partial charge in [0.25, 0.3) is 10.0 Å². The fourth-order valence-electron chi connectivity index (χ4n) is 5.20. The molecule has 0 unspecified atom stereocenters. The van der Waals surface area contributed by atoms with Gasteiger partial charge in [-0.15, -0.1) is 0 Å². The highest BCUT2D eigenvalue weighted by Crippen LogP contribution is 2.48. The molecule has 13 heteroatoms. The van der Waals surface area contributed by atoms with Crippen LogP contribution < -0.4 is 0 Å². The van der Waals surface area contributed by atoms with Crippen molar-refractivity contribution >= 4 is 28.0 Å². The average Bonchev–Trinajstić information content (AvgIpc) is 3.88. The van der Waals surface area contributed by atoms with Crippen molar-refractivity contribution in [3.8, 4) is 0 Å². The summed E-state index contributed by atoms with van der Waals surface area (Å²) in [7, 11) is -4.14. The van der Waals surface area contributed by atoms with E-state index < -0.39 is 33.6 Å². The van der Waals surface area contributed by atoms with Gasteiger partial charge in [-0.2, -0.15) is 4.31 Å². The summed E-state index contributed by atoms with van der Waals surface area (Å²) in [5.41, 5.74) is 1.85. The molecule has 262 valence electrons. The molecule has 2 heterocycles. The minimum absolute atomic E-state index is 0.0198. The summed E-state index contributed by atoms with van der Waals surface area (Å²) in [6.45, 7) is 6.68. The first kappa shape index (κ1) is 36.3. The summed E-state index contributed by atoms with van der Waals surface area (Å²) in [5, 5.41) is 0.0468. The molecule has 2 amide bonds. The topological polar surface area (TPSA) is 145 Å². The number of nitrogens with zero attached hydrogens (tertiary/aromatic N) is 4. The molecule has 50 heavy (non-hydrogen) atoms. The third-order valence-electron chi connectivity index (χ3n) is 7.84. The SMILES string of the molecule is CC(=O)ON(C(=O)OC(C)(C)C)C(=O)c1cccc(CN(Cc2ccc(C3(COCc4ccccc4)CC3)cc2)S(=O)(=O)c2ccccn2)n1. The van der Waals surface area contributed by atoms with E-state index in [1.165, 1.54) is 28.7 Å². The van der Waals surface area contributed by atoms with E-state index in [-0.39, 0.29) is 40.0 Å². The van der Waals surface area contributed by atoms with Crippen molar-refractivity contribution in [2.75, 3.05) is 6.61 Å². The van der Waals surface area contributed by atoms with Crippen LogP contribution in [0.2, 0.25) is 0 Å². The predicted molar refractivity (Wildman–Crippen MR) is 183 cm³/mol. The van der Waals surface area contributed by atoms with Crippen molar-refractivity contribution in [1.29, 1.82) is 0 Å². The largest absolute Gasteiger partial charge is 0.451 e. The summed E-state index contributed by atoms with van der Waals surface area (Å²) in [4.78, 5) is 51.1. The molecule has 0 saturated heterocycles. The maximum absolute atomic E-state index is 13.9. The Hall–Kier alpha value is -4.98. The predicted octanol–water partition coefficient (Wildman–Crippen LogP) is 5.97. The minimum Gasteiger partial charge on any atom is -0.441 e. The number of hydroxylamine groups is 2. The van der Waals surface area contributed by atoms with Crippen molar-refractivity contribution < 1.29 is 37.1 Å². The lowest BCUT2D eigenvalue weighted by molar-refractivity contribution is -0.171. The summed E-state index contributed by atoms with van der Waals surface area (Å²) in [6, 6.07) is 26.8. The van der Waals surface area contributed by atoms with E-state index in [4.69, 9.17) is 14.3 Å². The molecule has 0 atom stereocenters. The van der Waals surface area contributed by atoms with E-state index >= 15 is 0 Å². The highest BCUT2D eigenvalue weighted by atomic mass is 32.2. The van der Waals surface area contributed by atoms with Gasteiger partial charge in [-0.1, -0.05) is 71.8 Å². The van der Waals surface area contributed by atoms with Gasteiger partial charge in [0.15, 0.2) is 5.03 Å². The molecule has 0 spiro atoms. The molecule has 2 aromatic heterocycles. The maximum Gasteiger partial charge on any atom is 0.451 e. The summed E-state index contributed by atoms with van der Waals surface area (Å²) >= 11 is 0. The smallest absolute Gasteiger partial charge is 0.441 e. The quantitative estimate of drug-likeness (QED) is 0.162. The number of rotatable bonds is 12. The Morgan fingerprint density at radius 2 is 1.54 bits per heavy atom. The number of carbonyl (C=O) groups excluding carboxylic acids is 3. The minimum atomic E-state index is -4.14. The van der Waals surface area contributed by atoms with Crippen LogP contribution in [-0.2, 0) is 54.2 Å². The highest BCUT2D eigenvalue weighted by molar-refractivity contribution is 7.89. The van der Waals surface area contributed by atoms with Gasteiger partial charge in [-0.3, -0.25) is 4.79 Å². The van der Waals surface area contributed by atoms with Crippen LogP contribution in [0.15, 0.2) is 102 Å². The van der Waals surface area contributed by atoms with Crippen molar-refractivity contribution in [3.63, 3.8) is 0 Å². The number of hydrogen-bond acceptors (Lipinski definition) is 10. The van der Waals surface area contributed by atoms with Gasteiger partial charge in [0.1, 0.15) is 11.3 Å². The number of pyridine rings is 2. The highest BCUT2D eigenvalue weighted by Gasteiger charge is 2.44. The van der Waals surface area contributed by atoms with Crippen molar-refractivity contribution in [3.05, 3.63) is 125 Å². The Morgan fingerprint density at radius 3 is 2.16 bits per heavy atom. The van der Waals surface area contributed by atoms with E-state index in [9.17, 15) is 22.8 Å². The summed E-state index contributed by atoms with van der Waals surface area (Å²) < 4.78 is 40.3. The van der Waals surface area contributed by atoms with Gasteiger partial charge in [-0.05, 0) is 74.6 Å². The average molecular weight is 701 g/mol. The Labute approximate surface area is 292 Å². The molecule has 0 aliphatic heterocycles. The number of amides is 2. The molecule has 0 radical (unpaired) electrons. The van der Waals surface area contributed by atoms with Crippen LogP contribution in [0.1, 0.15) is 73.4 Å². The van der Waals surface area contributed by atoms with Crippen LogP contribution >= 0.6 is 0 Å². The molecule has 1 saturated carbocycles. The molecule has 2 aromatic carbocycles. The van der Waals surface area contributed by atoms with E-state index in [1.807, 2.05) is 54.6 Å². The lowest BCUT2D eigenvalue weighted by Crippen LogP contribution is -2.42. The van der Waals surface area contributed by atoms with Crippen LogP contribution in [-0.4, -0.2) is 57.9 Å². The number of sulfonamides is 1. The van der Waals surface area contributed by atoms with Gasteiger partial charge in [0.2, 0.25) is 0 Å². The zero-order chi connectivity index (χ0) is 35.9. The second kappa shape index (κ2) is 15.3. The van der Waals surface area contributed by atoms with Crippen molar-refractivity contribution in [2.45, 2.75) is 76.3 Å². The fraction of sp³-hybridized carbons (Fsp3) is 0.324. The van der Waals surface area contributed by atoms with Gasteiger partial charge in [-0.25, -0.2) is 28.0 Å². The lowest BCUT2D eigenvalue weighted by atomic mass is 9.96. The first-order chi connectivity index (χ1) is 23.8. The molecule has 0 bridgehead atoms. The van der Waals surface area contributed by atoms with Gasteiger partial charge in [0, 0.05) is 25.1 Å². The van der Waals surface area contributed by atoms with Crippen LogP contribution in [0.4, 0.5) is 4.79 Å². The molecule has 1 fully saturated rings. The maximum atomic E-state index is 13.9. The van der Waals surface area contributed by atoms with Crippen LogP contribution in [0.5, 0.6) is 0 Å². The second-order valence-electron chi connectivity index (χ2n) is 13.1. The molecular weight excluding hydrogens is 660 g/mol. The molecule has 0 N–H and O–H groups in total. The number of benzene rings is 2. The normalized spacial score (nSPS) is 13.8. The molecule has 5 rings (SSSR count). The first-order valence-electron chi connectivity index (χ1n) is 16.1. The van der Waals surface area contributed by atoms with Gasteiger partial charge >= 0.3 is 18.0 Å². The number of imide groups is 1. The second-order valence-corrected chi connectivity index (χ2v) is 15.0. The van der Waals surface area contributed by atoms with Crippen molar-refractivity contribution in [1.82, 2.24) is 19.3 Å². The van der Waals surface area contributed by atoms with Crippen LogP contribution in [0.25, 0.3) is 0 Å². The van der Waals surface area contributed by atoms with Crippen molar-refractivity contribution in [2.24, 2.45) is 0 Å². The number of ether oxygens (including phenoxy) is 2. The third kappa shape index (κ3) is 9.37. The summed E-state index contributed by atoms with van der Waals surface area (Å²) in [5.74, 6) is -1.99. The van der Waals surface area contributed by atoms with E-state index in [0.717, 1.165) is 36.5 Å². The van der Waals surface area contributed by atoms with E-state index in [0.29, 0.717) is 13.2 Å².